The highest BCUT2D eigenvalue weighted by atomic mass is 19.1. The van der Waals surface area contributed by atoms with E-state index in [4.69, 9.17) is 4.74 Å². The van der Waals surface area contributed by atoms with Crippen LogP contribution >= 0.6 is 0 Å². The Balaban J connectivity index is 1.31. The van der Waals surface area contributed by atoms with Crippen molar-refractivity contribution in [3.63, 3.8) is 0 Å². The lowest BCUT2D eigenvalue weighted by atomic mass is 9.99. The van der Waals surface area contributed by atoms with E-state index in [1.807, 2.05) is 18.2 Å². The maximum Gasteiger partial charge on any atom is 0.260 e. The molecule has 0 radical (unpaired) electrons. The number of carbonyl (C=O) groups excluding carboxylic acids is 2. The predicted octanol–water partition coefficient (Wildman–Crippen LogP) is 2.41. The summed E-state index contributed by atoms with van der Waals surface area (Å²) in [6.45, 7) is 1.15. The number of hydrogen-bond acceptors (Lipinski definition) is 3. The molecule has 142 valence electrons. The van der Waals surface area contributed by atoms with Gasteiger partial charge >= 0.3 is 0 Å². The van der Waals surface area contributed by atoms with E-state index < -0.39 is 5.82 Å². The van der Waals surface area contributed by atoms with E-state index in [0.29, 0.717) is 19.6 Å². The van der Waals surface area contributed by atoms with Crippen molar-refractivity contribution in [1.29, 1.82) is 0 Å². The van der Waals surface area contributed by atoms with Crippen LogP contribution in [0.15, 0.2) is 54.6 Å². The highest BCUT2D eigenvalue weighted by Gasteiger charge is 2.35. The number of rotatable bonds is 8. The third-order valence-corrected chi connectivity index (χ3v) is 4.58. The zero-order chi connectivity index (χ0) is 19.1. The molecule has 0 atom stereocenters. The molecule has 0 aromatic heterocycles. The van der Waals surface area contributed by atoms with E-state index in [1.54, 1.807) is 17.0 Å². The predicted molar refractivity (Wildman–Crippen MR) is 99.7 cm³/mol. The van der Waals surface area contributed by atoms with Crippen molar-refractivity contribution in [3.05, 3.63) is 66.0 Å². The van der Waals surface area contributed by atoms with Gasteiger partial charge in [-0.3, -0.25) is 9.59 Å². The molecule has 5 nitrogen and oxygen atoms in total. The van der Waals surface area contributed by atoms with E-state index in [-0.39, 0.29) is 30.1 Å². The topological polar surface area (TPSA) is 58.6 Å². The normalized spacial score (nSPS) is 13.7. The fourth-order valence-electron chi connectivity index (χ4n) is 2.93. The first-order valence-corrected chi connectivity index (χ1v) is 9.10. The molecule has 1 fully saturated rings. The summed E-state index contributed by atoms with van der Waals surface area (Å²) >= 11 is 0. The van der Waals surface area contributed by atoms with Crippen molar-refractivity contribution >= 4 is 11.8 Å². The van der Waals surface area contributed by atoms with E-state index in [1.165, 1.54) is 17.7 Å². The summed E-state index contributed by atoms with van der Waals surface area (Å²) in [5.41, 5.74) is 1.25. The van der Waals surface area contributed by atoms with Gasteiger partial charge in [0, 0.05) is 19.6 Å². The van der Waals surface area contributed by atoms with Crippen molar-refractivity contribution in [3.8, 4) is 5.75 Å². The maximum atomic E-state index is 13.5. The van der Waals surface area contributed by atoms with Crippen molar-refractivity contribution < 1.29 is 18.7 Å². The van der Waals surface area contributed by atoms with Crippen LogP contribution in [0, 0.1) is 11.7 Å². The summed E-state index contributed by atoms with van der Waals surface area (Å²) in [5, 5.41) is 2.92. The van der Waals surface area contributed by atoms with Gasteiger partial charge in [0.05, 0.1) is 5.92 Å². The number of aryl methyl sites for hydroxylation is 1. The maximum absolute atomic E-state index is 13.5. The molecule has 1 aliphatic rings. The lowest BCUT2D eigenvalue weighted by Crippen LogP contribution is -2.56. The monoisotopic (exact) mass is 370 g/mol. The van der Waals surface area contributed by atoms with E-state index in [0.717, 1.165) is 12.8 Å². The van der Waals surface area contributed by atoms with Crippen LogP contribution in [0.2, 0.25) is 0 Å². The molecular formula is C21H23FN2O3. The molecule has 1 aliphatic heterocycles. The summed E-state index contributed by atoms with van der Waals surface area (Å²) < 4.78 is 18.7. The molecule has 0 spiro atoms. The van der Waals surface area contributed by atoms with Crippen LogP contribution in [-0.4, -0.2) is 43.0 Å². The Bertz CT molecular complexity index is 776. The molecule has 2 amide bonds. The molecule has 27 heavy (non-hydrogen) atoms. The summed E-state index contributed by atoms with van der Waals surface area (Å²) in [7, 11) is 0. The van der Waals surface area contributed by atoms with Gasteiger partial charge in [0.25, 0.3) is 5.91 Å². The molecule has 1 heterocycles. The van der Waals surface area contributed by atoms with Crippen molar-refractivity contribution in [2.45, 2.75) is 12.8 Å². The highest BCUT2D eigenvalue weighted by Crippen LogP contribution is 2.18. The van der Waals surface area contributed by atoms with Crippen LogP contribution in [-0.2, 0) is 16.0 Å². The quantitative estimate of drug-likeness (QED) is 0.726. The Morgan fingerprint density at radius 2 is 1.78 bits per heavy atom. The summed E-state index contributed by atoms with van der Waals surface area (Å²) in [6.07, 6.45) is 1.80. The number of benzene rings is 2. The number of ether oxygens (including phenoxy) is 1. The Kier molecular flexibility index (Phi) is 6.41. The average Bonchev–Trinajstić information content (AvgIpc) is 2.64. The van der Waals surface area contributed by atoms with Crippen LogP contribution in [0.4, 0.5) is 4.39 Å². The SMILES string of the molecule is O=C(NCCCc1ccccc1)C1CN(C(=O)COc2ccccc2F)C1. The zero-order valence-electron chi connectivity index (χ0n) is 15.1. The number of hydrogen-bond donors (Lipinski definition) is 1. The Hall–Kier alpha value is -2.89. The van der Waals surface area contributed by atoms with Crippen LogP contribution < -0.4 is 10.1 Å². The number of nitrogens with zero attached hydrogens (tertiary/aromatic N) is 1. The Morgan fingerprint density at radius 1 is 1.07 bits per heavy atom. The number of para-hydroxylation sites is 1. The van der Waals surface area contributed by atoms with E-state index in [9.17, 15) is 14.0 Å². The number of nitrogens with one attached hydrogen (secondary N) is 1. The Labute approximate surface area is 158 Å². The van der Waals surface area contributed by atoms with Crippen molar-refractivity contribution in [2.75, 3.05) is 26.2 Å². The third kappa shape index (κ3) is 5.29. The van der Waals surface area contributed by atoms with Gasteiger partial charge in [-0.25, -0.2) is 4.39 Å². The highest BCUT2D eigenvalue weighted by molar-refractivity contribution is 5.85. The van der Waals surface area contributed by atoms with Gasteiger partial charge in [0.15, 0.2) is 18.2 Å². The standard InChI is InChI=1S/C21H23FN2O3/c22-18-10-4-5-11-19(18)27-15-20(25)24-13-17(14-24)21(26)23-12-6-9-16-7-2-1-3-8-16/h1-5,7-8,10-11,17H,6,9,12-15H2,(H,23,26). The molecular weight excluding hydrogens is 347 g/mol. The fraction of sp³-hybridized carbons (Fsp3) is 0.333. The Morgan fingerprint density at radius 3 is 2.52 bits per heavy atom. The molecule has 0 saturated carbocycles. The number of halogens is 1. The van der Waals surface area contributed by atoms with Gasteiger partial charge in [-0.15, -0.1) is 0 Å². The molecule has 0 aliphatic carbocycles. The summed E-state index contributed by atoms with van der Waals surface area (Å²) in [6, 6.07) is 16.1. The molecule has 0 bridgehead atoms. The third-order valence-electron chi connectivity index (χ3n) is 4.58. The first-order valence-electron chi connectivity index (χ1n) is 9.10. The largest absolute Gasteiger partial charge is 0.481 e. The van der Waals surface area contributed by atoms with Crippen LogP contribution in [0.5, 0.6) is 5.75 Å². The summed E-state index contributed by atoms with van der Waals surface area (Å²) in [5.74, 6) is -0.895. The second kappa shape index (κ2) is 9.16. The first-order chi connectivity index (χ1) is 13.1. The summed E-state index contributed by atoms with van der Waals surface area (Å²) in [4.78, 5) is 25.7. The van der Waals surface area contributed by atoms with Gasteiger partial charge in [-0.1, -0.05) is 42.5 Å². The first kappa shape index (κ1) is 18.9. The molecule has 3 rings (SSSR count). The number of carbonyl (C=O) groups is 2. The van der Waals surface area contributed by atoms with E-state index >= 15 is 0 Å². The van der Waals surface area contributed by atoms with Crippen molar-refractivity contribution in [1.82, 2.24) is 10.2 Å². The van der Waals surface area contributed by atoms with Crippen LogP contribution in [0.1, 0.15) is 12.0 Å². The lowest BCUT2D eigenvalue weighted by molar-refractivity contribution is -0.144. The van der Waals surface area contributed by atoms with Crippen molar-refractivity contribution in [2.24, 2.45) is 5.92 Å². The number of amides is 2. The van der Waals surface area contributed by atoms with Gasteiger partial charge in [-0.05, 0) is 30.5 Å². The average molecular weight is 370 g/mol. The molecule has 2 aromatic carbocycles. The molecule has 1 saturated heterocycles. The van der Waals surface area contributed by atoms with Gasteiger partial charge in [0.2, 0.25) is 5.91 Å². The smallest absolute Gasteiger partial charge is 0.260 e. The van der Waals surface area contributed by atoms with Gasteiger partial charge < -0.3 is 15.0 Å². The van der Waals surface area contributed by atoms with E-state index in [2.05, 4.69) is 17.4 Å². The lowest BCUT2D eigenvalue weighted by Gasteiger charge is -2.38. The van der Waals surface area contributed by atoms with Crippen LogP contribution in [0.3, 0.4) is 0 Å². The molecule has 1 N–H and O–H groups in total. The fourth-order valence-corrected chi connectivity index (χ4v) is 2.93. The van der Waals surface area contributed by atoms with Crippen LogP contribution in [0.25, 0.3) is 0 Å². The van der Waals surface area contributed by atoms with Gasteiger partial charge in [-0.2, -0.15) is 0 Å². The minimum absolute atomic E-state index is 0.0258. The zero-order valence-corrected chi connectivity index (χ0v) is 15.1. The van der Waals surface area contributed by atoms with Gasteiger partial charge in [0.1, 0.15) is 0 Å². The molecule has 6 heteroatoms. The second-order valence-corrected chi connectivity index (χ2v) is 6.59. The minimum atomic E-state index is -0.498. The number of likely N-dealkylation sites (tertiary alicyclic amines) is 1. The second-order valence-electron chi connectivity index (χ2n) is 6.59. The molecule has 0 unspecified atom stereocenters. The molecule has 2 aromatic rings. The minimum Gasteiger partial charge on any atom is -0.481 e.